The van der Waals surface area contributed by atoms with Crippen LogP contribution in [0.3, 0.4) is 0 Å². The number of nitrogens with one attached hydrogen (secondary N) is 1. The normalized spacial score (nSPS) is 19.9. The molecule has 2 aromatic carbocycles. The Morgan fingerprint density at radius 1 is 1.15 bits per heavy atom. The quantitative estimate of drug-likeness (QED) is 0.853. The third-order valence-electron chi connectivity index (χ3n) is 5.17. The molecule has 0 saturated heterocycles. The van der Waals surface area contributed by atoms with Crippen LogP contribution in [-0.2, 0) is 4.79 Å². The summed E-state index contributed by atoms with van der Waals surface area (Å²) >= 11 is 0. The molecule has 1 fully saturated rings. The fourth-order valence-corrected chi connectivity index (χ4v) is 4.21. The summed E-state index contributed by atoms with van der Waals surface area (Å²) in [6.45, 7) is -0.404. The van der Waals surface area contributed by atoms with E-state index >= 15 is 0 Å². The molecule has 2 unspecified atom stereocenters. The Balaban J connectivity index is 1.67. The third kappa shape index (κ3) is 2.92. The minimum absolute atomic E-state index is 0.288. The van der Waals surface area contributed by atoms with E-state index < -0.39 is 18.4 Å². The first kappa shape index (κ1) is 16.6. The molecule has 6 heteroatoms. The van der Waals surface area contributed by atoms with Crippen molar-refractivity contribution in [1.82, 2.24) is 0 Å². The predicted octanol–water partition coefficient (Wildman–Crippen LogP) is 3.91. The van der Waals surface area contributed by atoms with Gasteiger partial charge in [0.25, 0.3) is 5.91 Å². The molecule has 5 nitrogen and oxygen atoms in total. The summed E-state index contributed by atoms with van der Waals surface area (Å²) in [6.07, 6.45) is 3.00. The van der Waals surface area contributed by atoms with Crippen LogP contribution < -0.4 is 10.1 Å². The molecule has 0 aliphatic heterocycles. The van der Waals surface area contributed by atoms with Gasteiger partial charge >= 0.3 is 5.97 Å². The van der Waals surface area contributed by atoms with Gasteiger partial charge in [0.05, 0.1) is 0 Å². The molecule has 2 aliphatic carbocycles. The van der Waals surface area contributed by atoms with Crippen LogP contribution >= 0.6 is 0 Å². The largest absolute Gasteiger partial charge is 0.482 e. The Morgan fingerprint density at radius 2 is 1.92 bits per heavy atom. The summed E-state index contributed by atoms with van der Waals surface area (Å²) in [6, 6.07) is 9.11. The minimum Gasteiger partial charge on any atom is -0.482 e. The van der Waals surface area contributed by atoms with E-state index in [4.69, 9.17) is 9.84 Å². The predicted molar refractivity (Wildman–Crippen MR) is 93.3 cm³/mol. The van der Waals surface area contributed by atoms with Crippen LogP contribution in [-0.4, -0.2) is 23.6 Å². The van der Waals surface area contributed by atoms with E-state index in [1.165, 1.54) is 12.1 Å². The van der Waals surface area contributed by atoms with E-state index in [9.17, 15) is 14.0 Å². The number of amides is 1. The summed E-state index contributed by atoms with van der Waals surface area (Å²) in [7, 11) is 0. The summed E-state index contributed by atoms with van der Waals surface area (Å²) < 4.78 is 18.8. The van der Waals surface area contributed by atoms with Crippen molar-refractivity contribution < 1.29 is 23.8 Å². The van der Waals surface area contributed by atoms with Crippen LogP contribution in [0.2, 0.25) is 0 Å². The molecular weight excluding hydrogens is 337 g/mol. The number of carbonyl (C=O) groups is 2. The molecule has 134 valence electrons. The average molecular weight is 355 g/mol. The van der Waals surface area contributed by atoms with Crippen LogP contribution in [0.25, 0.3) is 0 Å². The Bertz CT molecular complexity index is 895. The van der Waals surface area contributed by atoms with Gasteiger partial charge in [-0.1, -0.05) is 6.07 Å². The summed E-state index contributed by atoms with van der Waals surface area (Å²) in [4.78, 5) is 23.6. The van der Waals surface area contributed by atoms with Gasteiger partial charge in [-0.15, -0.1) is 0 Å². The highest BCUT2D eigenvalue weighted by Gasteiger charge is 2.41. The molecule has 2 atom stereocenters. The molecular formula is C20H18FNO4. The lowest BCUT2D eigenvalue weighted by Crippen LogP contribution is -2.18. The van der Waals surface area contributed by atoms with Crippen molar-refractivity contribution in [2.24, 2.45) is 0 Å². The number of fused-ring (bicyclic) bond motifs is 5. The topological polar surface area (TPSA) is 75.6 Å². The van der Waals surface area contributed by atoms with Crippen molar-refractivity contribution in [3.8, 4) is 5.75 Å². The second-order valence-electron chi connectivity index (χ2n) is 6.79. The van der Waals surface area contributed by atoms with E-state index in [0.29, 0.717) is 22.9 Å². The Labute approximate surface area is 149 Å². The second kappa shape index (κ2) is 6.44. The summed E-state index contributed by atoms with van der Waals surface area (Å²) in [5.74, 6) is -0.585. The van der Waals surface area contributed by atoms with Gasteiger partial charge in [-0.05, 0) is 67.0 Å². The van der Waals surface area contributed by atoms with Crippen LogP contribution in [0.5, 0.6) is 5.75 Å². The molecule has 0 spiro atoms. The SMILES string of the molecule is O=C(O)COc1ccc(C(=O)Nc2cccc(F)c2)c2c1C1CCC2C1. The fourth-order valence-electron chi connectivity index (χ4n) is 4.21. The molecule has 2 N–H and O–H groups in total. The van der Waals surface area contributed by atoms with E-state index in [0.717, 1.165) is 30.4 Å². The Kier molecular flexibility index (Phi) is 4.11. The van der Waals surface area contributed by atoms with Gasteiger partial charge in [0.15, 0.2) is 6.61 Å². The fraction of sp³-hybridized carbons (Fsp3) is 0.300. The van der Waals surface area contributed by atoms with E-state index in [1.54, 1.807) is 24.3 Å². The van der Waals surface area contributed by atoms with Crippen molar-refractivity contribution in [2.75, 3.05) is 11.9 Å². The first-order valence-electron chi connectivity index (χ1n) is 8.61. The Hall–Kier alpha value is -2.89. The third-order valence-corrected chi connectivity index (χ3v) is 5.17. The van der Waals surface area contributed by atoms with Crippen molar-refractivity contribution in [3.63, 3.8) is 0 Å². The van der Waals surface area contributed by atoms with E-state index in [-0.39, 0.29) is 11.8 Å². The van der Waals surface area contributed by atoms with Crippen molar-refractivity contribution in [3.05, 3.63) is 58.9 Å². The zero-order valence-corrected chi connectivity index (χ0v) is 14.0. The lowest BCUT2D eigenvalue weighted by molar-refractivity contribution is -0.139. The maximum Gasteiger partial charge on any atom is 0.341 e. The molecule has 1 saturated carbocycles. The smallest absolute Gasteiger partial charge is 0.341 e. The highest BCUT2D eigenvalue weighted by Crippen LogP contribution is 2.57. The van der Waals surface area contributed by atoms with Gasteiger partial charge < -0.3 is 15.2 Å². The lowest BCUT2D eigenvalue weighted by atomic mass is 9.87. The van der Waals surface area contributed by atoms with Gasteiger partial charge in [-0.3, -0.25) is 4.79 Å². The number of benzene rings is 2. The van der Waals surface area contributed by atoms with Crippen LogP contribution in [0, 0.1) is 5.82 Å². The molecule has 0 heterocycles. The molecule has 2 bridgehead atoms. The molecule has 4 rings (SSSR count). The highest BCUT2D eigenvalue weighted by atomic mass is 19.1. The number of ether oxygens (including phenoxy) is 1. The first-order valence-corrected chi connectivity index (χ1v) is 8.61. The monoisotopic (exact) mass is 355 g/mol. The van der Waals surface area contributed by atoms with Gasteiger partial charge in [0, 0.05) is 16.8 Å². The number of rotatable bonds is 5. The number of hydrogen-bond acceptors (Lipinski definition) is 3. The zero-order chi connectivity index (χ0) is 18.3. The number of carbonyl (C=O) groups excluding carboxylic acids is 1. The first-order chi connectivity index (χ1) is 12.5. The maximum atomic E-state index is 13.3. The summed E-state index contributed by atoms with van der Waals surface area (Å²) in [5, 5.41) is 11.6. The molecule has 0 aromatic heterocycles. The van der Waals surface area contributed by atoms with Crippen LogP contribution in [0.15, 0.2) is 36.4 Å². The van der Waals surface area contributed by atoms with Crippen LogP contribution in [0.4, 0.5) is 10.1 Å². The lowest BCUT2D eigenvalue weighted by Gasteiger charge is -2.21. The highest BCUT2D eigenvalue weighted by molar-refractivity contribution is 6.06. The number of hydrogen-bond donors (Lipinski definition) is 2. The molecule has 2 aliphatic rings. The molecule has 0 radical (unpaired) electrons. The Morgan fingerprint density at radius 3 is 2.65 bits per heavy atom. The van der Waals surface area contributed by atoms with Gasteiger partial charge in [-0.25, -0.2) is 9.18 Å². The average Bonchev–Trinajstić information content (AvgIpc) is 3.22. The van der Waals surface area contributed by atoms with Crippen molar-refractivity contribution in [1.29, 1.82) is 0 Å². The number of halogens is 1. The van der Waals surface area contributed by atoms with Crippen molar-refractivity contribution in [2.45, 2.75) is 31.1 Å². The van der Waals surface area contributed by atoms with Crippen molar-refractivity contribution >= 4 is 17.6 Å². The second-order valence-corrected chi connectivity index (χ2v) is 6.79. The molecule has 2 aromatic rings. The maximum absolute atomic E-state index is 13.3. The van der Waals surface area contributed by atoms with E-state index in [2.05, 4.69) is 5.32 Å². The number of anilines is 1. The van der Waals surface area contributed by atoms with Gasteiger partial charge in [0.1, 0.15) is 11.6 Å². The molecule has 1 amide bonds. The minimum atomic E-state index is -1.03. The van der Waals surface area contributed by atoms with Crippen LogP contribution in [0.1, 0.15) is 52.6 Å². The zero-order valence-electron chi connectivity index (χ0n) is 14.0. The standard InChI is InChI=1S/C20H18FNO4/c21-13-2-1-3-14(9-13)22-20(25)15-6-7-16(26-10-17(23)24)19-12-5-4-11(8-12)18(15)19/h1-3,6-7,9,11-12H,4-5,8,10H2,(H,22,25)(H,23,24). The van der Waals surface area contributed by atoms with Gasteiger partial charge in [-0.2, -0.15) is 0 Å². The number of carboxylic acid groups (broad SMARTS) is 1. The van der Waals surface area contributed by atoms with Gasteiger partial charge in [0.2, 0.25) is 0 Å². The van der Waals surface area contributed by atoms with E-state index in [1.807, 2.05) is 0 Å². The summed E-state index contributed by atoms with van der Waals surface area (Å²) in [5.41, 5.74) is 2.88. The number of carboxylic acids is 1. The number of aliphatic carboxylic acids is 1. The molecule has 26 heavy (non-hydrogen) atoms.